The fourth-order valence-corrected chi connectivity index (χ4v) is 4.48. The Bertz CT molecular complexity index is 860. The van der Waals surface area contributed by atoms with Crippen LogP contribution in [0.4, 0.5) is 0 Å². The number of hydrogen-bond donors (Lipinski definition) is 0. The zero-order valence-electron chi connectivity index (χ0n) is 15.2. The third-order valence-corrected chi connectivity index (χ3v) is 5.76. The molecule has 0 aliphatic carbocycles. The molecule has 7 nitrogen and oxygen atoms in total. The van der Waals surface area contributed by atoms with Crippen molar-refractivity contribution in [1.82, 2.24) is 24.1 Å². The Labute approximate surface area is 149 Å². The predicted molar refractivity (Wildman–Crippen MR) is 96.5 cm³/mol. The van der Waals surface area contributed by atoms with Crippen molar-refractivity contribution >= 4 is 10.0 Å². The van der Waals surface area contributed by atoms with E-state index < -0.39 is 10.0 Å². The number of sulfonamides is 1. The zero-order valence-corrected chi connectivity index (χ0v) is 16.0. The van der Waals surface area contributed by atoms with Crippen molar-refractivity contribution in [2.75, 3.05) is 12.8 Å². The van der Waals surface area contributed by atoms with Gasteiger partial charge in [0.05, 0.1) is 23.7 Å². The van der Waals surface area contributed by atoms with Crippen LogP contribution < -0.4 is 0 Å². The molecule has 0 aromatic carbocycles. The molecule has 0 unspecified atom stereocenters. The van der Waals surface area contributed by atoms with Crippen molar-refractivity contribution in [2.45, 2.75) is 52.1 Å². The minimum absolute atomic E-state index is 0.214. The molecule has 0 spiro atoms. The minimum Gasteiger partial charge on any atom is -0.261 e. The summed E-state index contributed by atoms with van der Waals surface area (Å²) >= 11 is 0. The van der Waals surface area contributed by atoms with Crippen LogP contribution >= 0.6 is 0 Å². The van der Waals surface area contributed by atoms with Gasteiger partial charge in [0.25, 0.3) is 0 Å². The van der Waals surface area contributed by atoms with Crippen LogP contribution in [0, 0.1) is 6.92 Å². The van der Waals surface area contributed by atoms with Crippen LogP contribution in [0.2, 0.25) is 0 Å². The number of aromatic nitrogens is 4. The van der Waals surface area contributed by atoms with Crippen molar-refractivity contribution in [3.05, 3.63) is 29.8 Å². The van der Waals surface area contributed by atoms with Gasteiger partial charge < -0.3 is 0 Å². The maximum Gasteiger partial charge on any atom is 0.211 e. The number of nitrogens with zero attached hydrogens (tertiary/aromatic N) is 5. The zero-order chi connectivity index (χ0) is 18.2. The van der Waals surface area contributed by atoms with E-state index in [1.54, 1.807) is 6.20 Å². The highest BCUT2D eigenvalue weighted by Gasteiger charge is 2.32. The van der Waals surface area contributed by atoms with Crippen LogP contribution in [-0.2, 0) is 10.0 Å². The Kier molecular flexibility index (Phi) is 4.92. The number of hydrogen-bond acceptors (Lipinski definition) is 5. The summed E-state index contributed by atoms with van der Waals surface area (Å²) in [6, 6.07) is 3.78. The molecule has 1 fully saturated rings. The average Bonchev–Trinajstić information content (AvgIpc) is 3.03. The molecule has 0 amide bonds. The summed E-state index contributed by atoms with van der Waals surface area (Å²) < 4.78 is 27.8. The lowest BCUT2D eigenvalue weighted by molar-refractivity contribution is 0.248. The van der Waals surface area contributed by atoms with Gasteiger partial charge in [-0.15, -0.1) is 0 Å². The first-order valence-corrected chi connectivity index (χ1v) is 10.5. The monoisotopic (exact) mass is 363 g/mol. The van der Waals surface area contributed by atoms with Crippen molar-refractivity contribution in [1.29, 1.82) is 0 Å². The van der Waals surface area contributed by atoms with Gasteiger partial charge in [0.1, 0.15) is 5.82 Å². The van der Waals surface area contributed by atoms with Crippen LogP contribution in [0.15, 0.2) is 18.3 Å². The van der Waals surface area contributed by atoms with E-state index >= 15 is 0 Å². The van der Waals surface area contributed by atoms with Crippen LogP contribution in [-0.4, -0.2) is 45.3 Å². The van der Waals surface area contributed by atoms with Gasteiger partial charge in [-0.3, -0.25) is 4.68 Å². The molecular formula is C17H25N5O2S. The summed E-state index contributed by atoms with van der Waals surface area (Å²) in [6.07, 6.45) is 5.63. The van der Waals surface area contributed by atoms with Crippen molar-refractivity contribution < 1.29 is 8.42 Å². The van der Waals surface area contributed by atoms with Crippen LogP contribution in [0.1, 0.15) is 56.7 Å². The second kappa shape index (κ2) is 6.84. The van der Waals surface area contributed by atoms with Gasteiger partial charge >= 0.3 is 0 Å². The van der Waals surface area contributed by atoms with E-state index in [1.165, 1.54) is 10.6 Å². The SMILES string of the molecule is Cc1cc(-c2ccnn2C(C)C)nc([C@@H]2CCCCN2S(C)(=O)=O)n1. The van der Waals surface area contributed by atoms with E-state index in [0.717, 1.165) is 36.3 Å². The maximum absolute atomic E-state index is 12.2. The molecule has 0 radical (unpaired) electrons. The molecule has 0 saturated carbocycles. The molecular weight excluding hydrogens is 338 g/mol. The third kappa shape index (κ3) is 3.74. The normalized spacial score (nSPS) is 19.5. The second-order valence-electron chi connectivity index (χ2n) is 6.89. The van der Waals surface area contributed by atoms with E-state index in [-0.39, 0.29) is 12.1 Å². The lowest BCUT2D eigenvalue weighted by Crippen LogP contribution is -2.38. The lowest BCUT2D eigenvalue weighted by atomic mass is 10.0. The van der Waals surface area contributed by atoms with E-state index in [9.17, 15) is 8.42 Å². The lowest BCUT2D eigenvalue weighted by Gasteiger charge is -2.32. The summed E-state index contributed by atoms with van der Waals surface area (Å²) in [5.41, 5.74) is 2.53. The molecule has 2 aromatic rings. The summed E-state index contributed by atoms with van der Waals surface area (Å²) in [7, 11) is -3.29. The number of aryl methyl sites for hydroxylation is 1. The summed E-state index contributed by atoms with van der Waals surface area (Å²) in [6.45, 7) is 6.58. The Hall–Kier alpha value is -1.80. The molecule has 1 saturated heterocycles. The molecule has 3 rings (SSSR count). The molecule has 1 aliphatic heterocycles. The van der Waals surface area contributed by atoms with Crippen LogP contribution in [0.3, 0.4) is 0 Å². The Morgan fingerprint density at radius 1 is 1.24 bits per heavy atom. The van der Waals surface area contributed by atoms with E-state index in [1.807, 2.05) is 23.7 Å². The standard InChI is InChI=1S/C17H25N5O2S/c1-12(2)22-15(8-9-18-22)14-11-13(3)19-17(20-14)16-7-5-6-10-21(16)25(4,23)24/h8-9,11-12,16H,5-7,10H2,1-4H3/t16-/m0/s1. The summed E-state index contributed by atoms with van der Waals surface area (Å²) in [4.78, 5) is 9.29. The fourth-order valence-electron chi connectivity index (χ4n) is 3.36. The topological polar surface area (TPSA) is 81.0 Å². The van der Waals surface area contributed by atoms with Gasteiger partial charge in [0.15, 0.2) is 0 Å². The molecule has 25 heavy (non-hydrogen) atoms. The highest BCUT2D eigenvalue weighted by atomic mass is 32.2. The van der Waals surface area contributed by atoms with Crippen LogP contribution in [0.25, 0.3) is 11.4 Å². The minimum atomic E-state index is -3.29. The van der Waals surface area contributed by atoms with Gasteiger partial charge in [-0.05, 0) is 45.7 Å². The molecule has 136 valence electrons. The highest BCUT2D eigenvalue weighted by Crippen LogP contribution is 2.32. The Balaban J connectivity index is 2.06. The molecule has 0 bridgehead atoms. The van der Waals surface area contributed by atoms with Crippen molar-refractivity contribution in [3.8, 4) is 11.4 Å². The molecule has 3 heterocycles. The van der Waals surface area contributed by atoms with E-state index in [4.69, 9.17) is 4.98 Å². The van der Waals surface area contributed by atoms with Crippen molar-refractivity contribution in [2.24, 2.45) is 0 Å². The third-order valence-electron chi connectivity index (χ3n) is 4.47. The van der Waals surface area contributed by atoms with Crippen molar-refractivity contribution in [3.63, 3.8) is 0 Å². The first kappa shape index (κ1) is 18.0. The fraction of sp³-hybridized carbons (Fsp3) is 0.588. The quantitative estimate of drug-likeness (QED) is 0.834. The van der Waals surface area contributed by atoms with Gasteiger partial charge in [-0.2, -0.15) is 9.40 Å². The molecule has 0 N–H and O–H groups in total. The maximum atomic E-state index is 12.2. The molecule has 8 heteroatoms. The van der Waals surface area contributed by atoms with Gasteiger partial charge in [-0.25, -0.2) is 18.4 Å². The summed E-state index contributed by atoms with van der Waals surface area (Å²) in [5, 5.41) is 4.37. The first-order chi connectivity index (χ1) is 11.8. The molecule has 1 atom stereocenters. The van der Waals surface area contributed by atoms with Gasteiger partial charge in [0, 0.05) is 24.5 Å². The first-order valence-electron chi connectivity index (χ1n) is 8.63. The number of piperidine rings is 1. The Morgan fingerprint density at radius 3 is 2.68 bits per heavy atom. The largest absolute Gasteiger partial charge is 0.261 e. The number of rotatable bonds is 4. The van der Waals surface area contributed by atoms with Gasteiger partial charge in [-0.1, -0.05) is 6.42 Å². The van der Waals surface area contributed by atoms with Gasteiger partial charge in [0.2, 0.25) is 10.0 Å². The summed E-state index contributed by atoms with van der Waals surface area (Å²) in [5.74, 6) is 0.580. The highest BCUT2D eigenvalue weighted by molar-refractivity contribution is 7.88. The molecule has 2 aromatic heterocycles. The predicted octanol–water partition coefficient (Wildman–Crippen LogP) is 2.72. The smallest absolute Gasteiger partial charge is 0.211 e. The molecule has 1 aliphatic rings. The Morgan fingerprint density at radius 2 is 2.00 bits per heavy atom. The second-order valence-corrected chi connectivity index (χ2v) is 8.83. The average molecular weight is 363 g/mol. The van der Waals surface area contributed by atoms with E-state index in [0.29, 0.717) is 12.4 Å². The van der Waals surface area contributed by atoms with E-state index in [2.05, 4.69) is 23.9 Å². The van der Waals surface area contributed by atoms with Crippen LogP contribution in [0.5, 0.6) is 0 Å².